The lowest BCUT2D eigenvalue weighted by Gasteiger charge is -2.22. The van der Waals surface area contributed by atoms with Gasteiger partial charge in [-0.25, -0.2) is 0 Å². The largest absolute Gasteiger partial charge is 0.484 e. The highest BCUT2D eigenvalue weighted by Gasteiger charge is 2.18. The van der Waals surface area contributed by atoms with Crippen molar-refractivity contribution in [2.45, 2.75) is 33.9 Å². The van der Waals surface area contributed by atoms with Crippen LogP contribution in [0.1, 0.15) is 27.3 Å². The molecule has 0 N–H and O–H groups in total. The Bertz CT molecular complexity index is 867. The smallest absolute Gasteiger partial charge is 0.261 e. The summed E-state index contributed by atoms with van der Waals surface area (Å²) in [7, 11) is 0. The van der Waals surface area contributed by atoms with Gasteiger partial charge in [-0.2, -0.15) is 0 Å². The van der Waals surface area contributed by atoms with Crippen molar-refractivity contribution < 1.29 is 13.9 Å². The van der Waals surface area contributed by atoms with E-state index in [1.54, 1.807) is 22.5 Å². The van der Waals surface area contributed by atoms with E-state index in [0.717, 1.165) is 11.3 Å². The SMILES string of the molecule is Cc1ccc(OCC(=O)N(Cc2ccco2)Cc2sccc2C)cc1C. The topological polar surface area (TPSA) is 42.7 Å². The van der Waals surface area contributed by atoms with Gasteiger partial charge in [0.1, 0.15) is 11.5 Å². The first-order valence-electron chi connectivity index (χ1n) is 8.56. The summed E-state index contributed by atoms with van der Waals surface area (Å²) in [5.41, 5.74) is 3.55. The van der Waals surface area contributed by atoms with Crippen molar-refractivity contribution in [2.75, 3.05) is 6.61 Å². The summed E-state index contributed by atoms with van der Waals surface area (Å²) in [4.78, 5) is 15.7. The third kappa shape index (κ3) is 4.55. The summed E-state index contributed by atoms with van der Waals surface area (Å²) in [5, 5.41) is 2.05. The lowest BCUT2D eigenvalue weighted by atomic mass is 10.1. The number of amides is 1. The van der Waals surface area contributed by atoms with Crippen molar-refractivity contribution in [3.63, 3.8) is 0 Å². The molecule has 1 amide bonds. The van der Waals surface area contributed by atoms with Gasteiger partial charge in [0, 0.05) is 4.88 Å². The third-order valence-electron chi connectivity index (χ3n) is 4.42. The average Bonchev–Trinajstić information content (AvgIpc) is 3.27. The van der Waals surface area contributed by atoms with Gasteiger partial charge in [0.15, 0.2) is 6.61 Å². The number of carbonyl (C=O) groups is 1. The van der Waals surface area contributed by atoms with Gasteiger partial charge in [-0.15, -0.1) is 11.3 Å². The van der Waals surface area contributed by atoms with Crippen LogP contribution in [0.4, 0.5) is 0 Å². The molecule has 0 spiro atoms. The van der Waals surface area contributed by atoms with E-state index in [1.165, 1.54) is 16.0 Å². The number of hydrogen-bond donors (Lipinski definition) is 0. The van der Waals surface area contributed by atoms with E-state index < -0.39 is 0 Å². The van der Waals surface area contributed by atoms with Gasteiger partial charge in [-0.3, -0.25) is 4.79 Å². The fraction of sp³-hybridized carbons (Fsp3) is 0.286. The maximum Gasteiger partial charge on any atom is 0.261 e. The second kappa shape index (κ2) is 8.23. The molecule has 5 heteroatoms. The van der Waals surface area contributed by atoms with E-state index in [4.69, 9.17) is 9.15 Å². The molecule has 0 aliphatic heterocycles. The van der Waals surface area contributed by atoms with Crippen molar-refractivity contribution in [3.8, 4) is 5.75 Å². The van der Waals surface area contributed by atoms with E-state index >= 15 is 0 Å². The summed E-state index contributed by atoms with van der Waals surface area (Å²) < 4.78 is 11.2. The van der Waals surface area contributed by atoms with Crippen molar-refractivity contribution in [1.29, 1.82) is 0 Å². The molecule has 0 saturated heterocycles. The standard InChI is InChI=1S/C21H23NO3S/c1-15-6-7-18(11-17(15)3)25-14-21(23)22(12-19-5-4-9-24-19)13-20-16(2)8-10-26-20/h4-11H,12-14H2,1-3H3. The molecule has 1 aromatic carbocycles. The van der Waals surface area contributed by atoms with Gasteiger partial charge < -0.3 is 14.1 Å². The van der Waals surface area contributed by atoms with Crippen LogP contribution in [0.15, 0.2) is 52.5 Å². The molecular formula is C21H23NO3S. The average molecular weight is 369 g/mol. The summed E-state index contributed by atoms with van der Waals surface area (Å²) in [5.74, 6) is 1.41. The van der Waals surface area contributed by atoms with Crippen LogP contribution in [0.25, 0.3) is 0 Å². The molecule has 136 valence electrons. The van der Waals surface area contributed by atoms with Crippen molar-refractivity contribution in [3.05, 3.63) is 75.4 Å². The molecule has 2 aromatic heterocycles. The van der Waals surface area contributed by atoms with Crippen LogP contribution in [-0.4, -0.2) is 17.4 Å². The second-order valence-corrected chi connectivity index (χ2v) is 7.39. The Morgan fingerprint density at radius 1 is 1.08 bits per heavy atom. The Morgan fingerprint density at radius 3 is 2.58 bits per heavy atom. The Hall–Kier alpha value is -2.53. The van der Waals surface area contributed by atoms with Crippen LogP contribution in [0.3, 0.4) is 0 Å². The number of thiophene rings is 1. The first-order valence-corrected chi connectivity index (χ1v) is 9.44. The molecule has 4 nitrogen and oxygen atoms in total. The molecule has 26 heavy (non-hydrogen) atoms. The second-order valence-electron chi connectivity index (χ2n) is 6.39. The van der Waals surface area contributed by atoms with Crippen LogP contribution in [0.2, 0.25) is 0 Å². The number of ether oxygens (including phenoxy) is 1. The maximum absolute atomic E-state index is 12.8. The molecule has 0 radical (unpaired) electrons. The van der Waals surface area contributed by atoms with Crippen molar-refractivity contribution >= 4 is 17.2 Å². The number of benzene rings is 1. The van der Waals surface area contributed by atoms with Crippen molar-refractivity contribution in [1.82, 2.24) is 4.90 Å². The molecule has 0 fully saturated rings. The Kier molecular flexibility index (Phi) is 5.78. The number of nitrogens with zero attached hydrogens (tertiary/aromatic N) is 1. The highest BCUT2D eigenvalue weighted by Crippen LogP contribution is 2.20. The number of carbonyl (C=O) groups excluding carboxylic acids is 1. The van der Waals surface area contributed by atoms with Gasteiger partial charge in [0.25, 0.3) is 5.91 Å². The predicted molar refractivity (Wildman–Crippen MR) is 103 cm³/mol. The maximum atomic E-state index is 12.8. The lowest BCUT2D eigenvalue weighted by Crippen LogP contribution is -2.34. The molecule has 3 rings (SSSR count). The minimum Gasteiger partial charge on any atom is -0.484 e. The number of furan rings is 1. The van der Waals surface area contributed by atoms with E-state index in [-0.39, 0.29) is 12.5 Å². The zero-order chi connectivity index (χ0) is 18.5. The van der Waals surface area contributed by atoms with Crippen LogP contribution in [0.5, 0.6) is 5.75 Å². The molecule has 2 heterocycles. The zero-order valence-corrected chi connectivity index (χ0v) is 16.1. The normalized spacial score (nSPS) is 10.7. The predicted octanol–water partition coefficient (Wildman–Crippen LogP) is 4.87. The summed E-state index contributed by atoms with van der Waals surface area (Å²) in [6, 6.07) is 11.6. The number of rotatable bonds is 7. The van der Waals surface area contributed by atoms with Gasteiger partial charge in [-0.1, -0.05) is 6.07 Å². The zero-order valence-electron chi connectivity index (χ0n) is 15.3. The van der Waals surface area contributed by atoms with E-state index in [2.05, 4.69) is 19.9 Å². The van der Waals surface area contributed by atoms with Gasteiger partial charge in [0.2, 0.25) is 0 Å². The molecule has 3 aromatic rings. The van der Waals surface area contributed by atoms with E-state index in [1.807, 2.05) is 42.6 Å². The van der Waals surface area contributed by atoms with Crippen LogP contribution in [0, 0.1) is 20.8 Å². The molecule has 0 aliphatic rings. The van der Waals surface area contributed by atoms with Crippen LogP contribution in [-0.2, 0) is 17.9 Å². The molecule has 0 atom stereocenters. The monoisotopic (exact) mass is 369 g/mol. The highest BCUT2D eigenvalue weighted by molar-refractivity contribution is 7.10. The Balaban J connectivity index is 1.69. The van der Waals surface area contributed by atoms with Crippen LogP contribution < -0.4 is 4.74 Å². The Labute approximate surface area is 158 Å². The molecule has 0 aliphatic carbocycles. The van der Waals surface area contributed by atoms with Crippen molar-refractivity contribution in [2.24, 2.45) is 0 Å². The first-order chi connectivity index (χ1) is 12.5. The fourth-order valence-electron chi connectivity index (χ4n) is 2.60. The fourth-order valence-corrected chi connectivity index (χ4v) is 3.52. The van der Waals surface area contributed by atoms with Gasteiger partial charge in [0.05, 0.1) is 19.4 Å². The van der Waals surface area contributed by atoms with E-state index in [0.29, 0.717) is 18.8 Å². The molecular weight excluding hydrogens is 346 g/mol. The first kappa shape index (κ1) is 18.3. The van der Waals surface area contributed by atoms with Gasteiger partial charge in [-0.05, 0) is 73.2 Å². The summed E-state index contributed by atoms with van der Waals surface area (Å²) in [6.07, 6.45) is 1.62. The highest BCUT2D eigenvalue weighted by atomic mass is 32.1. The Morgan fingerprint density at radius 2 is 1.92 bits per heavy atom. The summed E-state index contributed by atoms with van der Waals surface area (Å²) >= 11 is 1.66. The molecule has 0 unspecified atom stereocenters. The number of aryl methyl sites for hydroxylation is 3. The number of hydrogen-bond acceptors (Lipinski definition) is 4. The minimum absolute atomic E-state index is 0.00757. The lowest BCUT2D eigenvalue weighted by molar-refractivity contribution is -0.134. The van der Waals surface area contributed by atoms with Gasteiger partial charge >= 0.3 is 0 Å². The summed E-state index contributed by atoms with van der Waals surface area (Å²) in [6.45, 7) is 7.14. The molecule has 0 bridgehead atoms. The van der Waals surface area contributed by atoms with E-state index in [9.17, 15) is 4.79 Å². The minimum atomic E-state index is -0.0626. The molecule has 0 saturated carbocycles. The quantitative estimate of drug-likeness (QED) is 0.596. The van der Waals surface area contributed by atoms with Crippen LogP contribution >= 0.6 is 11.3 Å². The third-order valence-corrected chi connectivity index (χ3v) is 5.43.